The van der Waals surface area contributed by atoms with Gasteiger partial charge in [-0.3, -0.25) is 10.1 Å². The minimum Gasteiger partial charge on any atom is -0.384 e. The van der Waals surface area contributed by atoms with Crippen LogP contribution in [0.4, 0.5) is 5.69 Å². The van der Waals surface area contributed by atoms with Gasteiger partial charge in [0.2, 0.25) is 0 Å². The molecule has 0 aliphatic carbocycles. The van der Waals surface area contributed by atoms with E-state index in [0.717, 1.165) is 0 Å². The third-order valence-electron chi connectivity index (χ3n) is 1.69. The summed E-state index contributed by atoms with van der Waals surface area (Å²) in [5.41, 5.74) is 6.09. The van der Waals surface area contributed by atoms with Crippen LogP contribution in [-0.4, -0.2) is 21.3 Å². The highest BCUT2D eigenvalue weighted by Gasteiger charge is 2.06. The largest absolute Gasteiger partial charge is 0.384 e. The van der Waals surface area contributed by atoms with E-state index in [1.165, 1.54) is 13.1 Å². The zero-order valence-electron chi connectivity index (χ0n) is 8.11. The van der Waals surface area contributed by atoms with Crippen molar-refractivity contribution < 1.29 is 8.42 Å². The first kappa shape index (κ1) is 11.5. The van der Waals surface area contributed by atoms with Crippen molar-refractivity contribution in [3.05, 3.63) is 29.8 Å². The van der Waals surface area contributed by atoms with E-state index < -0.39 is 10.2 Å². The molecular formula is C8H12N4O2S. The van der Waals surface area contributed by atoms with Crippen molar-refractivity contribution in [2.75, 3.05) is 11.8 Å². The summed E-state index contributed by atoms with van der Waals surface area (Å²) in [4.78, 5) is 0. The van der Waals surface area contributed by atoms with Crippen molar-refractivity contribution >= 4 is 21.7 Å². The molecule has 0 radical (unpaired) electrons. The molecule has 0 atom stereocenters. The van der Waals surface area contributed by atoms with E-state index in [2.05, 4.69) is 9.44 Å². The Labute approximate surface area is 88.2 Å². The fourth-order valence-corrected chi connectivity index (χ4v) is 1.50. The van der Waals surface area contributed by atoms with Gasteiger partial charge in [-0.1, -0.05) is 12.1 Å². The molecule has 1 aromatic carbocycles. The molecule has 1 rings (SSSR count). The number of nitrogen functional groups attached to an aromatic ring is 1. The van der Waals surface area contributed by atoms with Crippen LogP contribution in [0.3, 0.4) is 0 Å². The van der Waals surface area contributed by atoms with Crippen molar-refractivity contribution in [2.24, 2.45) is 5.73 Å². The fraction of sp³-hybridized carbons (Fsp3) is 0.125. The molecule has 1 aromatic rings. The zero-order valence-corrected chi connectivity index (χ0v) is 8.93. The highest BCUT2D eigenvalue weighted by molar-refractivity contribution is 7.90. The van der Waals surface area contributed by atoms with E-state index in [4.69, 9.17) is 11.1 Å². The van der Waals surface area contributed by atoms with Crippen LogP contribution >= 0.6 is 0 Å². The second-order valence-electron chi connectivity index (χ2n) is 2.80. The Morgan fingerprint density at radius 2 is 2.13 bits per heavy atom. The summed E-state index contributed by atoms with van der Waals surface area (Å²) in [5.74, 6) is -0.111. The second-order valence-corrected chi connectivity index (χ2v) is 4.42. The summed E-state index contributed by atoms with van der Waals surface area (Å²) >= 11 is 0. The van der Waals surface area contributed by atoms with Crippen LogP contribution in [0.15, 0.2) is 24.3 Å². The molecule has 82 valence electrons. The van der Waals surface area contributed by atoms with Crippen molar-refractivity contribution in [1.29, 1.82) is 5.41 Å². The Morgan fingerprint density at radius 3 is 2.67 bits per heavy atom. The zero-order chi connectivity index (χ0) is 11.5. The van der Waals surface area contributed by atoms with Crippen LogP contribution in [0.5, 0.6) is 0 Å². The van der Waals surface area contributed by atoms with Gasteiger partial charge in [-0.05, 0) is 12.1 Å². The fourth-order valence-electron chi connectivity index (χ4n) is 0.956. The van der Waals surface area contributed by atoms with Crippen LogP contribution in [0.1, 0.15) is 5.56 Å². The first-order valence-corrected chi connectivity index (χ1v) is 5.58. The highest BCUT2D eigenvalue weighted by atomic mass is 32.2. The molecule has 6 nitrogen and oxygen atoms in total. The smallest absolute Gasteiger partial charge is 0.298 e. The quantitative estimate of drug-likeness (QED) is 0.425. The predicted molar refractivity (Wildman–Crippen MR) is 59.1 cm³/mol. The van der Waals surface area contributed by atoms with Gasteiger partial charge in [-0.2, -0.15) is 8.42 Å². The summed E-state index contributed by atoms with van der Waals surface area (Å²) in [6, 6.07) is 6.29. The van der Waals surface area contributed by atoms with E-state index in [-0.39, 0.29) is 5.84 Å². The molecule has 0 fully saturated rings. The van der Waals surface area contributed by atoms with E-state index in [1.54, 1.807) is 18.2 Å². The Hall–Kier alpha value is -1.60. The number of benzene rings is 1. The summed E-state index contributed by atoms with van der Waals surface area (Å²) in [6.45, 7) is 0. The molecular weight excluding hydrogens is 216 g/mol. The van der Waals surface area contributed by atoms with E-state index in [9.17, 15) is 8.42 Å². The van der Waals surface area contributed by atoms with Crippen molar-refractivity contribution in [3.8, 4) is 0 Å². The van der Waals surface area contributed by atoms with Crippen LogP contribution in [0.25, 0.3) is 0 Å². The third-order valence-corrected chi connectivity index (χ3v) is 2.74. The van der Waals surface area contributed by atoms with Gasteiger partial charge >= 0.3 is 0 Å². The van der Waals surface area contributed by atoms with Gasteiger partial charge in [-0.25, -0.2) is 4.72 Å². The average molecular weight is 228 g/mol. The first-order valence-electron chi connectivity index (χ1n) is 4.10. The molecule has 0 bridgehead atoms. The maximum atomic E-state index is 11.1. The molecule has 0 saturated heterocycles. The lowest BCUT2D eigenvalue weighted by Gasteiger charge is -2.07. The molecule has 0 amide bonds. The number of hydrogen-bond acceptors (Lipinski definition) is 3. The number of nitrogens with two attached hydrogens (primary N) is 1. The topological polar surface area (TPSA) is 108 Å². The molecule has 0 aliphatic rings. The second kappa shape index (κ2) is 4.28. The Morgan fingerprint density at radius 1 is 1.47 bits per heavy atom. The summed E-state index contributed by atoms with van der Waals surface area (Å²) < 4.78 is 26.7. The maximum absolute atomic E-state index is 11.1. The van der Waals surface area contributed by atoms with Gasteiger partial charge in [0.25, 0.3) is 10.2 Å². The summed E-state index contributed by atoms with van der Waals surface area (Å²) in [7, 11) is -2.22. The van der Waals surface area contributed by atoms with Gasteiger partial charge in [0.05, 0.1) is 5.69 Å². The molecule has 0 aliphatic heterocycles. The number of hydrogen-bond donors (Lipinski definition) is 4. The molecule has 0 spiro atoms. The Bertz CT molecular complexity index is 469. The number of rotatable bonds is 4. The molecule has 7 heteroatoms. The van der Waals surface area contributed by atoms with Gasteiger partial charge < -0.3 is 5.73 Å². The molecule has 5 N–H and O–H groups in total. The van der Waals surface area contributed by atoms with Crippen LogP contribution in [-0.2, 0) is 10.2 Å². The first-order chi connectivity index (χ1) is 6.94. The van der Waals surface area contributed by atoms with Crippen molar-refractivity contribution in [2.45, 2.75) is 0 Å². The van der Waals surface area contributed by atoms with Crippen LogP contribution in [0.2, 0.25) is 0 Å². The van der Waals surface area contributed by atoms with Gasteiger partial charge in [0, 0.05) is 12.6 Å². The highest BCUT2D eigenvalue weighted by Crippen LogP contribution is 2.10. The third kappa shape index (κ3) is 3.22. The molecule has 15 heavy (non-hydrogen) atoms. The average Bonchev–Trinajstić information content (AvgIpc) is 2.17. The number of anilines is 1. The minimum absolute atomic E-state index is 0.111. The monoisotopic (exact) mass is 228 g/mol. The Balaban J connectivity index is 2.97. The lowest BCUT2D eigenvalue weighted by Crippen LogP contribution is -2.26. The molecule has 0 saturated carbocycles. The normalized spacial score (nSPS) is 11.0. The number of amidine groups is 1. The SMILES string of the molecule is CNS(=O)(=O)Nc1cccc(C(=N)N)c1. The molecule has 0 heterocycles. The van der Waals surface area contributed by atoms with Crippen LogP contribution < -0.4 is 15.2 Å². The van der Waals surface area contributed by atoms with Gasteiger partial charge in [0.15, 0.2) is 0 Å². The maximum Gasteiger partial charge on any atom is 0.298 e. The standard InChI is InChI=1S/C8H12N4O2S/c1-11-15(13,14)12-7-4-2-3-6(5-7)8(9)10/h2-5,11-12H,1H3,(H3,9,10). The molecule has 0 unspecified atom stereocenters. The van der Waals surface area contributed by atoms with Crippen LogP contribution in [0, 0.1) is 5.41 Å². The van der Waals surface area contributed by atoms with E-state index in [1.807, 2.05) is 0 Å². The minimum atomic E-state index is -3.53. The predicted octanol–water partition coefficient (Wildman–Crippen LogP) is -0.153. The summed E-state index contributed by atoms with van der Waals surface area (Å²) in [6.07, 6.45) is 0. The van der Waals surface area contributed by atoms with E-state index >= 15 is 0 Å². The van der Waals surface area contributed by atoms with Gasteiger partial charge in [-0.15, -0.1) is 0 Å². The van der Waals surface area contributed by atoms with E-state index in [0.29, 0.717) is 11.3 Å². The van der Waals surface area contributed by atoms with Crippen molar-refractivity contribution in [1.82, 2.24) is 4.72 Å². The Kier molecular flexibility index (Phi) is 3.28. The van der Waals surface area contributed by atoms with Crippen molar-refractivity contribution in [3.63, 3.8) is 0 Å². The lowest BCUT2D eigenvalue weighted by atomic mass is 10.2. The lowest BCUT2D eigenvalue weighted by molar-refractivity contribution is 0.593. The summed E-state index contributed by atoms with van der Waals surface area (Å²) in [5, 5.41) is 7.19. The molecule has 0 aromatic heterocycles. The number of nitrogens with one attached hydrogen (secondary N) is 3. The van der Waals surface area contributed by atoms with Gasteiger partial charge in [0.1, 0.15) is 5.84 Å².